The van der Waals surface area contributed by atoms with Crippen molar-refractivity contribution in [2.24, 2.45) is 0 Å². The van der Waals surface area contributed by atoms with Crippen molar-refractivity contribution in [3.8, 4) is 0 Å². The summed E-state index contributed by atoms with van der Waals surface area (Å²) in [6, 6.07) is 0. The topological polar surface area (TPSA) is 9.23 Å². The summed E-state index contributed by atoms with van der Waals surface area (Å²) in [5.41, 5.74) is 0.960. The molecule has 0 atom stereocenters. The molecule has 1 heteroatoms. The summed E-state index contributed by atoms with van der Waals surface area (Å²) >= 11 is 0. The van der Waals surface area contributed by atoms with Gasteiger partial charge < -0.3 is 4.74 Å². The Morgan fingerprint density at radius 2 is 1.83 bits per heavy atom. The largest absolute Gasteiger partial charge is 0.501 e. The van der Waals surface area contributed by atoms with Crippen LogP contribution in [0.15, 0.2) is 36.1 Å². The standard InChI is InChI=1S/C9H14O.C2H6/c1-5-6-8(2)7-9(3)10-4;1-2/h5-7H,2H2,1,3-4H3;1-2H3/b6-5+,9-7+;. The SMILES string of the molecule is C=C(/C=C/C)/C=C(\C)OC.CC. The second-order valence-corrected chi connectivity index (χ2v) is 2.03. The van der Waals surface area contributed by atoms with Crippen LogP contribution in [0.25, 0.3) is 0 Å². The Hall–Kier alpha value is -0.980. The van der Waals surface area contributed by atoms with Gasteiger partial charge in [-0.25, -0.2) is 0 Å². The van der Waals surface area contributed by atoms with E-state index in [0.29, 0.717) is 0 Å². The lowest BCUT2D eigenvalue weighted by Gasteiger charge is -1.96. The van der Waals surface area contributed by atoms with Gasteiger partial charge in [-0.15, -0.1) is 0 Å². The lowest BCUT2D eigenvalue weighted by Crippen LogP contribution is -1.79. The quantitative estimate of drug-likeness (QED) is 0.461. The number of hydrogen-bond donors (Lipinski definition) is 0. The van der Waals surface area contributed by atoms with Gasteiger partial charge in [0.1, 0.15) is 0 Å². The van der Waals surface area contributed by atoms with E-state index in [1.165, 1.54) is 0 Å². The highest BCUT2D eigenvalue weighted by molar-refractivity contribution is 5.27. The molecule has 0 saturated carbocycles. The van der Waals surface area contributed by atoms with E-state index in [4.69, 9.17) is 4.74 Å². The molecule has 0 N–H and O–H groups in total. The maximum atomic E-state index is 4.93. The van der Waals surface area contributed by atoms with E-state index in [2.05, 4.69) is 6.58 Å². The van der Waals surface area contributed by atoms with E-state index in [9.17, 15) is 0 Å². The molecular formula is C11H20O. The van der Waals surface area contributed by atoms with E-state index < -0.39 is 0 Å². The molecule has 0 bridgehead atoms. The van der Waals surface area contributed by atoms with Crippen LogP contribution in [0.1, 0.15) is 27.7 Å². The molecule has 70 valence electrons. The lowest BCUT2D eigenvalue weighted by atomic mass is 10.2. The van der Waals surface area contributed by atoms with Crippen LogP contribution in [-0.4, -0.2) is 7.11 Å². The van der Waals surface area contributed by atoms with E-state index in [1.807, 2.05) is 45.9 Å². The number of ether oxygens (including phenoxy) is 1. The van der Waals surface area contributed by atoms with E-state index in [0.717, 1.165) is 11.3 Å². The van der Waals surface area contributed by atoms with Crippen LogP contribution in [-0.2, 0) is 4.74 Å². The number of methoxy groups -OCH3 is 1. The molecular weight excluding hydrogens is 148 g/mol. The van der Waals surface area contributed by atoms with Crippen molar-refractivity contribution in [1.29, 1.82) is 0 Å². The number of rotatable bonds is 3. The van der Waals surface area contributed by atoms with Gasteiger partial charge >= 0.3 is 0 Å². The molecule has 12 heavy (non-hydrogen) atoms. The maximum Gasteiger partial charge on any atom is 0.0930 e. The summed E-state index contributed by atoms with van der Waals surface area (Å²) in [5.74, 6) is 0.878. The minimum atomic E-state index is 0.878. The molecule has 0 heterocycles. The normalized spacial score (nSPS) is 10.6. The first kappa shape index (κ1) is 13.6. The van der Waals surface area contributed by atoms with Gasteiger partial charge in [-0.1, -0.05) is 32.6 Å². The lowest BCUT2D eigenvalue weighted by molar-refractivity contribution is 0.293. The van der Waals surface area contributed by atoms with Crippen LogP contribution in [0.5, 0.6) is 0 Å². The highest BCUT2D eigenvalue weighted by atomic mass is 16.5. The van der Waals surface area contributed by atoms with E-state index in [-0.39, 0.29) is 0 Å². The molecule has 0 aliphatic rings. The fourth-order valence-electron chi connectivity index (χ4n) is 0.582. The summed E-state index contributed by atoms with van der Waals surface area (Å²) in [5, 5.41) is 0. The third-order valence-corrected chi connectivity index (χ3v) is 1.09. The molecule has 0 saturated heterocycles. The zero-order chi connectivity index (χ0) is 9.98. The fourth-order valence-corrected chi connectivity index (χ4v) is 0.582. The summed E-state index contributed by atoms with van der Waals surface area (Å²) in [4.78, 5) is 0. The molecule has 1 nitrogen and oxygen atoms in total. The Labute approximate surface area is 76.4 Å². The van der Waals surface area contributed by atoms with Crippen molar-refractivity contribution in [2.45, 2.75) is 27.7 Å². The summed E-state index contributed by atoms with van der Waals surface area (Å²) in [6.45, 7) is 11.6. The van der Waals surface area contributed by atoms with Crippen LogP contribution in [0.2, 0.25) is 0 Å². The summed E-state index contributed by atoms with van der Waals surface area (Å²) < 4.78 is 4.93. The monoisotopic (exact) mass is 168 g/mol. The van der Waals surface area contributed by atoms with Gasteiger partial charge in [-0.3, -0.25) is 0 Å². The Kier molecular flexibility index (Phi) is 11.4. The zero-order valence-electron chi connectivity index (χ0n) is 8.85. The van der Waals surface area contributed by atoms with Crippen LogP contribution in [0, 0.1) is 0 Å². The summed E-state index contributed by atoms with van der Waals surface area (Å²) in [6.07, 6.45) is 5.77. The average molecular weight is 168 g/mol. The molecule has 0 fully saturated rings. The van der Waals surface area contributed by atoms with Gasteiger partial charge in [-0.05, 0) is 25.5 Å². The predicted octanol–water partition coefficient (Wildman–Crippen LogP) is 3.70. The van der Waals surface area contributed by atoms with Crippen molar-refractivity contribution in [2.75, 3.05) is 7.11 Å². The average Bonchev–Trinajstić information content (AvgIpc) is 2.08. The smallest absolute Gasteiger partial charge is 0.0930 e. The molecule has 0 aromatic carbocycles. The van der Waals surface area contributed by atoms with Crippen LogP contribution >= 0.6 is 0 Å². The Morgan fingerprint density at radius 3 is 2.17 bits per heavy atom. The van der Waals surface area contributed by atoms with Crippen molar-refractivity contribution in [3.63, 3.8) is 0 Å². The second kappa shape index (κ2) is 10.0. The molecule has 0 aromatic heterocycles. The first-order valence-electron chi connectivity index (χ1n) is 4.24. The van der Waals surface area contributed by atoms with E-state index >= 15 is 0 Å². The highest BCUT2D eigenvalue weighted by Crippen LogP contribution is 2.01. The zero-order valence-corrected chi connectivity index (χ0v) is 8.85. The van der Waals surface area contributed by atoms with Crippen molar-refractivity contribution in [1.82, 2.24) is 0 Å². The van der Waals surface area contributed by atoms with Crippen LogP contribution < -0.4 is 0 Å². The van der Waals surface area contributed by atoms with Crippen molar-refractivity contribution in [3.05, 3.63) is 36.1 Å². The van der Waals surface area contributed by atoms with E-state index in [1.54, 1.807) is 7.11 Å². The third kappa shape index (κ3) is 9.02. The molecule has 0 unspecified atom stereocenters. The minimum Gasteiger partial charge on any atom is -0.501 e. The second-order valence-electron chi connectivity index (χ2n) is 2.03. The van der Waals surface area contributed by atoms with Gasteiger partial charge in [0.2, 0.25) is 0 Å². The molecule has 0 aliphatic heterocycles. The molecule has 0 amide bonds. The third-order valence-electron chi connectivity index (χ3n) is 1.09. The van der Waals surface area contributed by atoms with Gasteiger partial charge in [0, 0.05) is 0 Å². The first-order chi connectivity index (χ1) is 5.70. The maximum absolute atomic E-state index is 4.93. The predicted molar refractivity (Wildman–Crippen MR) is 56.1 cm³/mol. The number of hydrogen-bond acceptors (Lipinski definition) is 1. The fraction of sp³-hybridized carbons (Fsp3) is 0.455. The Morgan fingerprint density at radius 1 is 1.33 bits per heavy atom. The molecule has 0 radical (unpaired) electrons. The molecule has 0 rings (SSSR count). The highest BCUT2D eigenvalue weighted by Gasteiger charge is 1.84. The van der Waals surface area contributed by atoms with Gasteiger partial charge in [0.05, 0.1) is 12.9 Å². The van der Waals surface area contributed by atoms with Crippen molar-refractivity contribution < 1.29 is 4.74 Å². The van der Waals surface area contributed by atoms with Gasteiger partial charge in [0.25, 0.3) is 0 Å². The molecule has 0 aromatic rings. The molecule has 0 spiro atoms. The number of allylic oxidation sites excluding steroid dienone is 5. The van der Waals surface area contributed by atoms with Crippen molar-refractivity contribution >= 4 is 0 Å². The van der Waals surface area contributed by atoms with Gasteiger partial charge in [0.15, 0.2) is 0 Å². The van der Waals surface area contributed by atoms with Crippen LogP contribution in [0.4, 0.5) is 0 Å². The Bertz CT molecular complexity index is 164. The Balaban J connectivity index is 0. The summed E-state index contributed by atoms with van der Waals surface area (Å²) in [7, 11) is 1.65. The minimum absolute atomic E-state index is 0.878. The van der Waals surface area contributed by atoms with Gasteiger partial charge in [-0.2, -0.15) is 0 Å². The van der Waals surface area contributed by atoms with Crippen LogP contribution in [0.3, 0.4) is 0 Å². The first-order valence-corrected chi connectivity index (χ1v) is 4.24. The molecule has 0 aliphatic carbocycles.